The summed E-state index contributed by atoms with van der Waals surface area (Å²) < 4.78 is 19.4. The van der Waals surface area contributed by atoms with Gasteiger partial charge in [-0.25, -0.2) is 4.79 Å². The minimum Gasteiger partial charge on any atom is -0.489 e. The van der Waals surface area contributed by atoms with Gasteiger partial charge in [-0.2, -0.15) is 0 Å². The third-order valence-corrected chi connectivity index (χ3v) is 7.45. The molecule has 0 amide bonds. The number of rotatable bonds is 10. The molecule has 5 rings (SSSR count). The Kier molecular flexibility index (Phi) is 7.28. The van der Waals surface area contributed by atoms with Gasteiger partial charge in [0.05, 0.1) is 12.2 Å². The molecule has 1 spiro atoms. The molecule has 2 aliphatic heterocycles. The number of ether oxygens (including phenoxy) is 3. The molecule has 3 aromatic carbocycles. The predicted octanol–water partition coefficient (Wildman–Crippen LogP) is 7.26. The van der Waals surface area contributed by atoms with E-state index in [4.69, 9.17) is 14.2 Å². The molecule has 36 heavy (non-hydrogen) atoms. The van der Waals surface area contributed by atoms with Gasteiger partial charge in [-0.3, -0.25) is 0 Å². The summed E-state index contributed by atoms with van der Waals surface area (Å²) in [5.41, 5.74) is 4.21. The molecule has 2 aliphatic rings. The van der Waals surface area contributed by atoms with Crippen molar-refractivity contribution in [2.75, 3.05) is 0 Å². The van der Waals surface area contributed by atoms with E-state index in [1.54, 1.807) is 12.1 Å². The van der Waals surface area contributed by atoms with Crippen LogP contribution in [0.15, 0.2) is 66.7 Å². The number of hydrogen-bond acceptors (Lipinski definition) is 4. The molecular formula is C31H34O5. The molecule has 0 aromatic heterocycles. The summed E-state index contributed by atoms with van der Waals surface area (Å²) in [4.78, 5) is 12.0. The first-order valence-corrected chi connectivity index (χ1v) is 13.1. The van der Waals surface area contributed by atoms with E-state index in [0.717, 1.165) is 47.3 Å². The fourth-order valence-corrected chi connectivity index (χ4v) is 5.58. The number of fused-ring (bicyclic) bond motifs is 3. The van der Waals surface area contributed by atoms with E-state index in [0.29, 0.717) is 30.9 Å². The van der Waals surface area contributed by atoms with Gasteiger partial charge in [-0.05, 0) is 36.6 Å². The summed E-state index contributed by atoms with van der Waals surface area (Å²) >= 11 is 0. The fourth-order valence-electron chi connectivity index (χ4n) is 5.58. The fraction of sp³-hybridized carbons (Fsp3) is 0.387. The molecule has 0 fully saturated rings. The molecule has 3 aromatic rings. The maximum Gasteiger partial charge on any atom is 0.336 e. The van der Waals surface area contributed by atoms with Crippen LogP contribution in [0.25, 0.3) is 0 Å². The summed E-state index contributed by atoms with van der Waals surface area (Å²) in [5, 5.41) is 9.80. The zero-order valence-corrected chi connectivity index (χ0v) is 20.9. The zero-order chi connectivity index (χ0) is 25.0. The Labute approximate surface area is 213 Å². The highest BCUT2D eigenvalue weighted by atomic mass is 16.7. The Morgan fingerprint density at radius 1 is 0.972 bits per heavy atom. The first-order chi connectivity index (χ1) is 17.6. The second-order valence-corrected chi connectivity index (χ2v) is 9.81. The molecule has 0 saturated carbocycles. The third kappa shape index (κ3) is 4.72. The lowest BCUT2D eigenvalue weighted by Gasteiger charge is -2.42. The van der Waals surface area contributed by atoms with E-state index in [2.05, 4.69) is 25.1 Å². The van der Waals surface area contributed by atoms with Crippen molar-refractivity contribution in [1.29, 1.82) is 0 Å². The van der Waals surface area contributed by atoms with Crippen LogP contribution in [-0.2, 0) is 30.2 Å². The molecule has 2 heterocycles. The molecule has 0 radical (unpaired) electrons. The van der Waals surface area contributed by atoms with Gasteiger partial charge in [-0.1, -0.05) is 87.6 Å². The first kappa shape index (κ1) is 24.4. The number of benzene rings is 3. The normalized spacial score (nSPS) is 20.0. The van der Waals surface area contributed by atoms with Crippen molar-refractivity contribution < 1.29 is 24.1 Å². The van der Waals surface area contributed by atoms with Gasteiger partial charge in [0.1, 0.15) is 18.1 Å². The van der Waals surface area contributed by atoms with Crippen molar-refractivity contribution in [2.45, 2.75) is 70.9 Å². The first-order valence-electron chi connectivity index (χ1n) is 13.1. The molecule has 188 valence electrons. The average molecular weight is 487 g/mol. The van der Waals surface area contributed by atoms with Crippen LogP contribution >= 0.6 is 0 Å². The van der Waals surface area contributed by atoms with Crippen LogP contribution in [0, 0.1) is 5.92 Å². The number of carboxylic acid groups (broad SMARTS) is 1. The van der Waals surface area contributed by atoms with Crippen LogP contribution in [0.5, 0.6) is 11.5 Å². The quantitative estimate of drug-likeness (QED) is 0.306. The van der Waals surface area contributed by atoms with Crippen LogP contribution < -0.4 is 9.47 Å². The van der Waals surface area contributed by atoms with Crippen molar-refractivity contribution in [2.24, 2.45) is 5.92 Å². The Morgan fingerprint density at radius 3 is 2.58 bits per heavy atom. The standard InChI is InChI=1S/C31H34O5/c1-2-3-4-5-9-14-23-19-25-24(30(32)33)15-10-18-29(25)36-31(23)27-16-11-17-28(26(27)21-35-31)34-20-22-12-7-6-8-13-22/h6-8,10-13,15-18,23H,2-5,9,14,19-21H2,1H3,(H,32,33)/t23-,31-/m1/s1. The maximum absolute atomic E-state index is 12.0. The molecule has 5 heteroatoms. The summed E-state index contributed by atoms with van der Waals surface area (Å²) in [5.74, 6) is -0.435. The van der Waals surface area contributed by atoms with Crippen LogP contribution in [0.4, 0.5) is 0 Å². The number of aromatic carboxylic acids is 1. The van der Waals surface area contributed by atoms with E-state index in [1.165, 1.54) is 19.3 Å². The molecule has 2 atom stereocenters. The van der Waals surface area contributed by atoms with Crippen molar-refractivity contribution >= 4 is 5.97 Å². The zero-order valence-electron chi connectivity index (χ0n) is 20.9. The number of hydrogen-bond donors (Lipinski definition) is 1. The van der Waals surface area contributed by atoms with Crippen molar-refractivity contribution in [1.82, 2.24) is 0 Å². The van der Waals surface area contributed by atoms with Gasteiger partial charge in [0, 0.05) is 22.6 Å². The molecule has 0 aliphatic carbocycles. The maximum atomic E-state index is 12.0. The van der Waals surface area contributed by atoms with Gasteiger partial charge in [0.15, 0.2) is 0 Å². The minimum absolute atomic E-state index is 0.0118. The molecule has 0 saturated heterocycles. The van der Waals surface area contributed by atoms with Crippen molar-refractivity contribution in [3.05, 3.63) is 94.5 Å². The number of unbranched alkanes of at least 4 members (excludes halogenated alkanes) is 4. The summed E-state index contributed by atoms with van der Waals surface area (Å²) in [6.45, 7) is 3.10. The Morgan fingerprint density at radius 2 is 1.78 bits per heavy atom. The van der Waals surface area contributed by atoms with Gasteiger partial charge in [-0.15, -0.1) is 0 Å². The Hall–Kier alpha value is -3.31. The molecule has 0 unspecified atom stereocenters. The molecule has 1 N–H and O–H groups in total. The van der Waals surface area contributed by atoms with Crippen LogP contribution in [-0.4, -0.2) is 11.1 Å². The topological polar surface area (TPSA) is 65.0 Å². The lowest BCUT2D eigenvalue weighted by molar-refractivity contribution is -0.227. The van der Waals surface area contributed by atoms with E-state index < -0.39 is 11.8 Å². The molecule has 5 nitrogen and oxygen atoms in total. The summed E-state index contributed by atoms with van der Waals surface area (Å²) in [7, 11) is 0. The summed E-state index contributed by atoms with van der Waals surface area (Å²) in [6, 6.07) is 21.5. The smallest absolute Gasteiger partial charge is 0.336 e. The van der Waals surface area contributed by atoms with Gasteiger partial charge < -0.3 is 19.3 Å². The van der Waals surface area contributed by atoms with Crippen LogP contribution in [0.2, 0.25) is 0 Å². The third-order valence-electron chi connectivity index (χ3n) is 7.45. The van der Waals surface area contributed by atoms with E-state index in [1.807, 2.05) is 36.4 Å². The van der Waals surface area contributed by atoms with E-state index in [-0.39, 0.29) is 5.92 Å². The van der Waals surface area contributed by atoms with Gasteiger partial charge in [0.2, 0.25) is 5.79 Å². The van der Waals surface area contributed by atoms with E-state index >= 15 is 0 Å². The Balaban J connectivity index is 1.46. The van der Waals surface area contributed by atoms with Crippen LogP contribution in [0.1, 0.15) is 78.1 Å². The van der Waals surface area contributed by atoms with Crippen molar-refractivity contribution in [3.8, 4) is 11.5 Å². The van der Waals surface area contributed by atoms with Gasteiger partial charge >= 0.3 is 5.97 Å². The highest BCUT2D eigenvalue weighted by Crippen LogP contribution is 2.52. The number of carbonyl (C=O) groups is 1. The highest BCUT2D eigenvalue weighted by Gasteiger charge is 2.52. The number of carboxylic acids is 1. The average Bonchev–Trinajstić information content (AvgIpc) is 3.27. The largest absolute Gasteiger partial charge is 0.489 e. The monoisotopic (exact) mass is 486 g/mol. The van der Waals surface area contributed by atoms with E-state index in [9.17, 15) is 9.90 Å². The summed E-state index contributed by atoms with van der Waals surface area (Å²) in [6.07, 6.45) is 7.38. The van der Waals surface area contributed by atoms with Crippen molar-refractivity contribution in [3.63, 3.8) is 0 Å². The minimum atomic E-state index is -0.934. The molecular weight excluding hydrogens is 452 g/mol. The Bertz CT molecular complexity index is 1200. The lowest BCUT2D eigenvalue weighted by Crippen LogP contribution is -2.45. The highest BCUT2D eigenvalue weighted by molar-refractivity contribution is 5.90. The lowest BCUT2D eigenvalue weighted by atomic mass is 9.79. The SMILES string of the molecule is CCCCCCC[C@@H]1Cc2c(cccc2C(=O)O)O[C@]12OCc1c(OCc3ccccc3)cccc12. The van der Waals surface area contributed by atoms with Gasteiger partial charge in [0.25, 0.3) is 0 Å². The molecule has 0 bridgehead atoms. The second kappa shape index (κ2) is 10.8. The second-order valence-electron chi connectivity index (χ2n) is 9.81. The predicted molar refractivity (Wildman–Crippen MR) is 138 cm³/mol. The van der Waals surface area contributed by atoms with Crippen LogP contribution in [0.3, 0.4) is 0 Å².